The Morgan fingerprint density at radius 3 is 2.52 bits per heavy atom. The molecule has 1 aromatic carbocycles. The van der Waals surface area contributed by atoms with Crippen LogP contribution in [-0.4, -0.2) is 28.2 Å². The monoisotopic (exact) mass is 396 g/mol. The summed E-state index contributed by atoms with van der Waals surface area (Å²) in [5, 5.41) is 0. The predicted molar refractivity (Wildman–Crippen MR) is 102 cm³/mol. The largest absolute Gasteiger partial charge is 0.417 e. The fourth-order valence-electron chi connectivity index (χ4n) is 1.81. The summed E-state index contributed by atoms with van der Waals surface area (Å²) in [7, 11) is 1.53. The van der Waals surface area contributed by atoms with E-state index < -0.39 is 0 Å². The van der Waals surface area contributed by atoms with Crippen LogP contribution < -0.4 is 11.4 Å². The molecule has 0 spiro atoms. The Labute approximate surface area is 148 Å². The van der Waals surface area contributed by atoms with Crippen molar-refractivity contribution < 1.29 is 0 Å². The number of halogens is 1. The Morgan fingerprint density at radius 1 is 1.48 bits per heavy atom. The molecular weight excluding hydrogens is 378 g/mol. The first-order chi connectivity index (χ1) is 11.0. The molecule has 0 radical (unpaired) electrons. The number of H-pyrrole nitrogens is 1. The van der Waals surface area contributed by atoms with Crippen molar-refractivity contribution in [2.75, 3.05) is 12.8 Å². The molecule has 0 atom stereocenters. The first-order valence-corrected chi connectivity index (χ1v) is 8.22. The number of hydrogen-bond acceptors (Lipinski definition) is 3. The summed E-state index contributed by atoms with van der Waals surface area (Å²) < 4.78 is 2.38. The second-order valence-corrected chi connectivity index (χ2v) is 5.94. The molecule has 1 aromatic heterocycles. The third kappa shape index (κ3) is 5.01. The summed E-state index contributed by atoms with van der Waals surface area (Å²) in [5.74, 6) is 1.40. The topological polar surface area (TPSA) is 80.5 Å². The number of hydrogen-bond donors (Lipinski definition) is 3. The SMILES string of the molecule is C#[N+]c1c(C(N)=NC)[nH]c(=O)n1Cc1ccc(Br)cc1.CCS. The van der Waals surface area contributed by atoms with Gasteiger partial charge in [0.2, 0.25) is 0 Å². The molecule has 0 aliphatic carbocycles. The third-order valence-corrected chi connectivity index (χ3v) is 3.36. The molecule has 122 valence electrons. The lowest BCUT2D eigenvalue weighted by Crippen LogP contribution is -2.17. The molecule has 3 N–H and O–H groups in total. The van der Waals surface area contributed by atoms with Gasteiger partial charge in [-0.25, -0.2) is 4.79 Å². The number of amidine groups is 1. The molecule has 0 bridgehead atoms. The molecule has 6 nitrogen and oxygen atoms in total. The highest BCUT2D eigenvalue weighted by atomic mass is 79.9. The van der Waals surface area contributed by atoms with Gasteiger partial charge in [-0.1, -0.05) is 35.0 Å². The standard InChI is InChI=1S/C13H12BrN5O.C2H6S/c1-16-11(15)10-12(17-2)19(13(20)18-10)7-8-3-5-9(14)6-4-8;1-2-3/h2-6H,7H2,1H3,(H2-,15,16,18,20);3H,2H2,1H3/p+1. The van der Waals surface area contributed by atoms with Gasteiger partial charge in [0, 0.05) is 11.5 Å². The van der Waals surface area contributed by atoms with Crippen LogP contribution in [0.25, 0.3) is 4.85 Å². The smallest absolute Gasteiger partial charge is 0.382 e. The number of benzene rings is 1. The van der Waals surface area contributed by atoms with E-state index in [1.807, 2.05) is 31.2 Å². The summed E-state index contributed by atoms with van der Waals surface area (Å²) >= 11 is 7.15. The third-order valence-electron chi connectivity index (χ3n) is 2.83. The number of aliphatic imine (C=N–C) groups is 1. The molecule has 0 aliphatic rings. The summed E-state index contributed by atoms with van der Waals surface area (Å²) in [6.07, 6.45) is 0. The van der Waals surface area contributed by atoms with Crippen molar-refractivity contribution in [3.8, 4) is 6.57 Å². The minimum Gasteiger partial charge on any atom is -0.382 e. The van der Waals surface area contributed by atoms with Crippen LogP contribution >= 0.6 is 28.6 Å². The van der Waals surface area contributed by atoms with E-state index in [2.05, 4.69) is 43.4 Å². The molecular formula is C15H19BrN5OS+. The van der Waals surface area contributed by atoms with Gasteiger partial charge >= 0.3 is 11.5 Å². The van der Waals surface area contributed by atoms with Gasteiger partial charge in [0.05, 0.1) is 0 Å². The van der Waals surface area contributed by atoms with E-state index in [0.717, 1.165) is 15.8 Å². The number of aromatic nitrogens is 2. The van der Waals surface area contributed by atoms with Crippen LogP contribution in [0.1, 0.15) is 18.2 Å². The Bertz CT molecular complexity index is 771. The number of nitrogens with one attached hydrogen (secondary N) is 1. The highest BCUT2D eigenvalue weighted by Crippen LogP contribution is 2.18. The van der Waals surface area contributed by atoms with Crippen LogP contribution in [0.2, 0.25) is 0 Å². The normalized spacial score (nSPS) is 10.7. The van der Waals surface area contributed by atoms with Crippen LogP contribution in [0.5, 0.6) is 0 Å². The lowest BCUT2D eigenvalue weighted by Gasteiger charge is -1.98. The number of imidazole rings is 1. The van der Waals surface area contributed by atoms with Crippen molar-refractivity contribution in [2.45, 2.75) is 13.5 Å². The van der Waals surface area contributed by atoms with Crippen molar-refractivity contribution in [3.05, 3.63) is 55.3 Å². The second-order valence-electron chi connectivity index (χ2n) is 4.40. The van der Waals surface area contributed by atoms with E-state index in [1.165, 1.54) is 11.6 Å². The summed E-state index contributed by atoms with van der Waals surface area (Å²) in [6.45, 7) is 7.69. The average Bonchev–Trinajstić information content (AvgIpc) is 2.85. The van der Waals surface area contributed by atoms with E-state index >= 15 is 0 Å². The van der Waals surface area contributed by atoms with Crippen LogP contribution in [0, 0.1) is 6.57 Å². The second kappa shape index (κ2) is 9.22. The van der Waals surface area contributed by atoms with E-state index in [0.29, 0.717) is 12.2 Å². The summed E-state index contributed by atoms with van der Waals surface area (Å²) in [4.78, 5) is 22.1. The van der Waals surface area contributed by atoms with Crippen LogP contribution in [-0.2, 0) is 6.54 Å². The van der Waals surface area contributed by atoms with Gasteiger partial charge < -0.3 is 5.73 Å². The average molecular weight is 397 g/mol. The van der Waals surface area contributed by atoms with Crippen LogP contribution in [0.3, 0.4) is 0 Å². The van der Waals surface area contributed by atoms with Crippen molar-refractivity contribution in [1.29, 1.82) is 0 Å². The Balaban J connectivity index is 0.000000816. The van der Waals surface area contributed by atoms with Gasteiger partial charge in [0.1, 0.15) is 13.1 Å². The maximum atomic E-state index is 12.0. The minimum atomic E-state index is -0.335. The lowest BCUT2D eigenvalue weighted by atomic mass is 10.2. The molecule has 2 aromatic rings. The number of nitrogens with zero attached hydrogens (tertiary/aromatic N) is 3. The van der Waals surface area contributed by atoms with Crippen LogP contribution in [0.15, 0.2) is 38.5 Å². The highest BCUT2D eigenvalue weighted by Gasteiger charge is 2.25. The molecule has 0 saturated heterocycles. The van der Waals surface area contributed by atoms with Gasteiger partial charge in [0.15, 0.2) is 11.5 Å². The van der Waals surface area contributed by atoms with Gasteiger partial charge in [-0.3, -0.25) is 9.98 Å². The fourth-order valence-corrected chi connectivity index (χ4v) is 2.07. The summed E-state index contributed by atoms with van der Waals surface area (Å²) in [5.41, 5.74) is 6.65. The minimum absolute atomic E-state index is 0.181. The molecule has 0 fully saturated rings. The van der Waals surface area contributed by atoms with Gasteiger partial charge in [-0.05, 0) is 23.4 Å². The summed E-state index contributed by atoms with van der Waals surface area (Å²) in [6, 6.07) is 7.60. The molecule has 1 heterocycles. The fraction of sp³-hybridized carbons (Fsp3) is 0.267. The first-order valence-electron chi connectivity index (χ1n) is 6.80. The van der Waals surface area contributed by atoms with Crippen molar-refractivity contribution in [3.63, 3.8) is 0 Å². The highest BCUT2D eigenvalue weighted by molar-refractivity contribution is 9.10. The first kappa shape index (κ1) is 19.1. The van der Waals surface area contributed by atoms with Gasteiger partial charge in [-0.2, -0.15) is 22.0 Å². The maximum Gasteiger partial charge on any atom is 0.417 e. The van der Waals surface area contributed by atoms with E-state index in [-0.39, 0.29) is 17.3 Å². The maximum absolute atomic E-state index is 12.0. The molecule has 8 heteroatoms. The van der Waals surface area contributed by atoms with Crippen molar-refractivity contribution >= 4 is 40.2 Å². The number of nitrogens with two attached hydrogens (primary N) is 1. The molecule has 0 unspecified atom stereocenters. The zero-order valence-corrected chi connectivity index (χ0v) is 15.4. The molecule has 0 aliphatic heterocycles. The quantitative estimate of drug-likeness (QED) is 0.423. The zero-order valence-electron chi connectivity index (χ0n) is 13.0. The Morgan fingerprint density at radius 2 is 2.04 bits per heavy atom. The predicted octanol–water partition coefficient (Wildman–Crippen LogP) is 2.85. The van der Waals surface area contributed by atoms with E-state index in [1.54, 1.807) is 0 Å². The molecule has 2 rings (SSSR count). The Kier molecular flexibility index (Phi) is 7.65. The van der Waals surface area contributed by atoms with Crippen molar-refractivity contribution in [2.24, 2.45) is 10.7 Å². The van der Waals surface area contributed by atoms with Gasteiger partial charge in [-0.15, -0.1) is 0 Å². The molecule has 0 saturated carbocycles. The number of thiol groups is 1. The zero-order chi connectivity index (χ0) is 17.4. The number of aromatic amines is 1. The van der Waals surface area contributed by atoms with Crippen LogP contribution in [0.4, 0.5) is 5.82 Å². The molecule has 0 amide bonds. The van der Waals surface area contributed by atoms with Gasteiger partial charge in [0.25, 0.3) is 0 Å². The van der Waals surface area contributed by atoms with Crippen molar-refractivity contribution in [1.82, 2.24) is 9.55 Å². The van der Waals surface area contributed by atoms with E-state index in [9.17, 15) is 4.79 Å². The number of rotatable bonds is 3. The van der Waals surface area contributed by atoms with E-state index in [4.69, 9.17) is 12.3 Å². The Hall–Kier alpha value is -1.98. The molecule has 23 heavy (non-hydrogen) atoms. The lowest BCUT2D eigenvalue weighted by molar-refractivity contribution is 0.774.